The normalized spacial score (nSPS) is 17.5. The minimum absolute atomic E-state index is 0.0215. The molecular weight excluding hydrogens is 363 g/mol. The van der Waals surface area contributed by atoms with Crippen LogP contribution in [-0.2, 0) is 11.0 Å². The van der Waals surface area contributed by atoms with Gasteiger partial charge in [-0.05, 0) is 24.3 Å². The van der Waals surface area contributed by atoms with E-state index in [-0.39, 0.29) is 11.4 Å². The second kappa shape index (κ2) is 5.31. The van der Waals surface area contributed by atoms with Gasteiger partial charge in [0.05, 0.1) is 11.3 Å². The Morgan fingerprint density at radius 1 is 1.09 bits per heavy atom. The summed E-state index contributed by atoms with van der Waals surface area (Å²) >= 11 is 3.26. The number of rotatable bonds is 1. The Morgan fingerprint density at radius 2 is 1.77 bits per heavy atom. The second-order valence-corrected chi connectivity index (χ2v) is 5.63. The Morgan fingerprint density at radius 3 is 2.41 bits per heavy atom. The lowest BCUT2D eigenvalue weighted by Crippen LogP contribution is -2.31. The molecule has 0 spiro atoms. The van der Waals surface area contributed by atoms with Crippen molar-refractivity contribution in [1.29, 1.82) is 0 Å². The number of para-hydroxylation sites is 1. The van der Waals surface area contributed by atoms with E-state index in [4.69, 9.17) is 4.74 Å². The third kappa shape index (κ3) is 2.68. The number of carbonyl (C=O) groups is 1. The number of nitrogens with one attached hydrogen (secondary N) is 1. The van der Waals surface area contributed by atoms with Crippen LogP contribution in [0, 0.1) is 0 Å². The zero-order valence-electron chi connectivity index (χ0n) is 10.9. The van der Waals surface area contributed by atoms with Crippen molar-refractivity contribution in [3.63, 3.8) is 0 Å². The van der Waals surface area contributed by atoms with Gasteiger partial charge in [-0.2, -0.15) is 13.2 Å². The molecule has 0 bridgehead atoms. The molecule has 3 nitrogen and oxygen atoms in total. The van der Waals surface area contributed by atoms with Gasteiger partial charge in [0, 0.05) is 10.0 Å². The number of halogens is 4. The molecule has 0 fully saturated rings. The van der Waals surface area contributed by atoms with Crippen LogP contribution in [0.3, 0.4) is 0 Å². The van der Waals surface area contributed by atoms with E-state index in [0.717, 1.165) is 10.5 Å². The first kappa shape index (κ1) is 14.9. The molecule has 1 amide bonds. The van der Waals surface area contributed by atoms with Crippen LogP contribution in [0.5, 0.6) is 5.75 Å². The average Bonchev–Trinajstić information content (AvgIpc) is 2.46. The SMILES string of the molecule is O=C1Nc2cccc(C(F)(F)F)c2O[C@@H]1c1ccc(Br)cc1. The molecule has 0 radical (unpaired) electrons. The standard InChI is InChI=1S/C15H9BrF3NO2/c16-9-6-4-8(5-7-9)12-14(21)20-11-3-1-2-10(13(11)22-12)15(17,18)19/h1-7,12H,(H,20,21)/t12-/m1/s1. The highest BCUT2D eigenvalue weighted by Gasteiger charge is 2.39. The van der Waals surface area contributed by atoms with Gasteiger partial charge in [-0.3, -0.25) is 4.79 Å². The van der Waals surface area contributed by atoms with Crippen LogP contribution >= 0.6 is 15.9 Å². The minimum atomic E-state index is -4.56. The lowest BCUT2D eigenvalue weighted by Gasteiger charge is -2.28. The Hall–Kier alpha value is -2.02. The number of carbonyl (C=O) groups excluding carboxylic acids is 1. The van der Waals surface area contributed by atoms with Gasteiger partial charge in [0.1, 0.15) is 0 Å². The molecule has 2 aromatic rings. The van der Waals surface area contributed by atoms with Gasteiger partial charge < -0.3 is 10.1 Å². The van der Waals surface area contributed by atoms with E-state index in [1.54, 1.807) is 24.3 Å². The van der Waals surface area contributed by atoms with E-state index < -0.39 is 23.8 Å². The predicted molar refractivity (Wildman–Crippen MR) is 77.6 cm³/mol. The fourth-order valence-electron chi connectivity index (χ4n) is 2.21. The zero-order chi connectivity index (χ0) is 15.9. The van der Waals surface area contributed by atoms with Gasteiger partial charge in [-0.15, -0.1) is 0 Å². The molecule has 0 aliphatic carbocycles. The summed E-state index contributed by atoms with van der Waals surface area (Å²) in [6, 6.07) is 10.2. The number of alkyl halides is 3. The minimum Gasteiger partial charge on any atom is -0.473 e. The van der Waals surface area contributed by atoms with Crippen molar-refractivity contribution in [3.05, 3.63) is 58.1 Å². The molecule has 7 heteroatoms. The van der Waals surface area contributed by atoms with Gasteiger partial charge in [-0.25, -0.2) is 0 Å². The highest BCUT2D eigenvalue weighted by molar-refractivity contribution is 9.10. The van der Waals surface area contributed by atoms with Crippen LogP contribution in [0.2, 0.25) is 0 Å². The molecule has 1 aliphatic heterocycles. The summed E-state index contributed by atoms with van der Waals surface area (Å²) in [5.41, 5.74) is -0.413. The van der Waals surface area contributed by atoms with Crippen molar-refractivity contribution >= 4 is 27.5 Å². The number of hydrogen-bond acceptors (Lipinski definition) is 2. The third-order valence-corrected chi connectivity index (χ3v) is 3.75. The molecule has 3 rings (SSSR count). The molecule has 22 heavy (non-hydrogen) atoms. The van der Waals surface area contributed by atoms with Crippen molar-refractivity contribution in [2.24, 2.45) is 0 Å². The maximum atomic E-state index is 13.1. The van der Waals surface area contributed by atoms with Crippen molar-refractivity contribution in [2.45, 2.75) is 12.3 Å². The third-order valence-electron chi connectivity index (χ3n) is 3.22. The van der Waals surface area contributed by atoms with Crippen LogP contribution in [0.25, 0.3) is 0 Å². The maximum Gasteiger partial charge on any atom is 0.420 e. The summed E-state index contributed by atoms with van der Waals surface area (Å²) in [7, 11) is 0. The molecular formula is C15H9BrF3NO2. The summed E-state index contributed by atoms with van der Waals surface area (Å²) < 4.78 is 45.3. The Balaban J connectivity index is 2.04. The number of hydrogen-bond donors (Lipinski definition) is 1. The summed E-state index contributed by atoms with van der Waals surface area (Å²) in [6.07, 6.45) is -5.68. The first-order valence-electron chi connectivity index (χ1n) is 6.29. The zero-order valence-corrected chi connectivity index (χ0v) is 12.5. The number of ether oxygens (including phenoxy) is 1. The van der Waals surface area contributed by atoms with Gasteiger partial charge >= 0.3 is 6.18 Å². The fraction of sp³-hybridized carbons (Fsp3) is 0.133. The van der Waals surface area contributed by atoms with Crippen molar-refractivity contribution in [3.8, 4) is 5.75 Å². The van der Waals surface area contributed by atoms with Crippen molar-refractivity contribution in [2.75, 3.05) is 5.32 Å². The lowest BCUT2D eigenvalue weighted by molar-refractivity contribution is -0.140. The lowest BCUT2D eigenvalue weighted by atomic mass is 10.1. The Labute approximate surface area is 132 Å². The molecule has 1 N–H and O–H groups in total. The van der Waals surface area contributed by atoms with Gasteiger partial charge in [0.2, 0.25) is 6.10 Å². The monoisotopic (exact) mass is 371 g/mol. The van der Waals surface area contributed by atoms with Crippen LogP contribution in [-0.4, -0.2) is 5.91 Å². The fourth-order valence-corrected chi connectivity index (χ4v) is 2.48. The summed E-state index contributed by atoms with van der Waals surface area (Å²) in [5, 5.41) is 2.46. The van der Waals surface area contributed by atoms with Gasteiger partial charge in [0.25, 0.3) is 5.91 Å². The predicted octanol–water partition coefficient (Wildman–Crippen LogP) is 4.54. The molecule has 0 saturated carbocycles. The summed E-state index contributed by atoms with van der Waals surface area (Å²) in [5.74, 6) is -0.864. The maximum absolute atomic E-state index is 13.1. The molecule has 0 unspecified atom stereocenters. The smallest absolute Gasteiger partial charge is 0.420 e. The van der Waals surface area contributed by atoms with E-state index >= 15 is 0 Å². The van der Waals surface area contributed by atoms with Crippen molar-refractivity contribution < 1.29 is 22.7 Å². The molecule has 0 saturated heterocycles. The van der Waals surface area contributed by atoms with Crippen LogP contribution in [0.1, 0.15) is 17.2 Å². The number of amides is 1. The molecule has 2 aromatic carbocycles. The van der Waals surface area contributed by atoms with Crippen LogP contribution in [0.15, 0.2) is 46.9 Å². The first-order chi connectivity index (χ1) is 10.4. The van der Waals surface area contributed by atoms with Gasteiger partial charge in [0.15, 0.2) is 5.75 Å². The summed E-state index contributed by atoms with van der Waals surface area (Å²) in [4.78, 5) is 12.1. The van der Waals surface area contributed by atoms with E-state index in [0.29, 0.717) is 5.56 Å². The van der Waals surface area contributed by atoms with Crippen LogP contribution in [0.4, 0.5) is 18.9 Å². The van der Waals surface area contributed by atoms with E-state index in [1.807, 2.05) is 0 Å². The second-order valence-electron chi connectivity index (χ2n) is 4.72. The topological polar surface area (TPSA) is 38.3 Å². The van der Waals surface area contributed by atoms with E-state index in [2.05, 4.69) is 21.2 Å². The van der Waals surface area contributed by atoms with Gasteiger partial charge in [-0.1, -0.05) is 34.1 Å². The Kier molecular flexibility index (Phi) is 3.60. The largest absolute Gasteiger partial charge is 0.473 e. The number of fused-ring (bicyclic) bond motifs is 1. The highest BCUT2D eigenvalue weighted by atomic mass is 79.9. The van der Waals surface area contributed by atoms with Crippen LogP contribution < -0.4 is 10.1 Å². The number of benzene rings is 2. The first-order valence-corrected chi connectivity index (χ1v) is 7.09. The highest BCUT2D eigenvalue weighted by Crippen LogP contribution is 2.44. The van der Waals surface area contributed by atoms with E-state index in [9.17, 15) is 18.0 Å². The van der Waals surface area contributed by atoms with Crippen molar-refractivity contribution in [1.82, 2.24) is 0 Å². The molecule has 1 atom stereocenters. The van der Waals surface area contributed by atoms with E-state index in [1.165, 1.54) is 12.1 Å². The number of anilines is 1. The molecule has 1 aliphatic rings. The molecule has 1 heterocycles. The molecule has 114 valence electrons. The molecule has 0 aromatic heterocycles. The average molecular weight is 372 g/mol. The Bertz CT molecular complexity index is 729. The quantitative estimate of drug-likeness (QED) is 0.798. The summed E-state index contributed by atoms with van der Waals surface area (Å²) in [6.45, 7) is 0.